The van der Waals surface area contributed by atoms with Crippen molar-refractivity contribution >= 4 is 68.1 Å². The highest BCUT2D eigenvalue weighted by Gasteiger charge is 2.42. The number of nitrogens with zero attached hydrogens (tertiary/aromatic N) is 8. The zero-order valence-electron chi connectivity index (χ0n) is 47.6. The highest BCUT2D eigenvalue weighted by Crippen LogP contribution is 2.36. The zero-order valence-corrected chi connectivity index (χ0v) is 49.2. The summed E-state index contributed by atoms with van der Waals surface area (Å²) in [6.07, 6.45) is 5.78. The van der Waals surface area contributed by atoms with E-state index in [1.165, 1.54) is 23.3 Å². The molecule has 0 aliphatic carbocycles. The molecule has 8 rings (SSSR count). The normalized spacial score (nSPS) is 17.5. The number of nitrogens with one attached hydrogen (secondary N) is 3. The van der Waals surface area contributed by atoms with Gasteiger partial charge in [0.25, 0.3) is 20.0 Å². The number of guanidine groups is 2. The van der Waals surface area contributed by atoms with Gasteiger partial charge in [-0.1, -0.05) is 60.7 Å². The molecule has 4 aliphatic rings. The van der Waals surface area contributed by atoms with E-state index in [-0.39, 0.29) is 32.5 Å². The Morgan fingerprint density at radius 1 is 0.588 bits per heavy atom. The predicted octanol–water partition coefficient (Wildman–Crippen LogP) is 8.35. The molecule has 0 radical (unpaired) electrons. The molecule has 23 heteroatoms. The van der Waals surface area contributed by atoms with Crippen LogP contribution >= 0.6 is 0 Å². The average Bonchev–Trinajstić information content (AvgIpc) is 4.12. The Morgan fingerprint density at radius 3 is 1.29 bits per heavy atom. The summed E-state index contributed by atoms with van der Waals surface area (Å²) < 4.78 is 70.7. The quantitative estimate of drug-likeness (QED) is 0.0362. The van der Waals surface area contributed by atoms with E-state index in [1.54, 1.807) is 95.0 Å². The maximum absolute atomic E-state index is 13.0. The maximum Gasteiger partial charge on any atom is 0.519 e. The van der Waals surface area contributed by atoms with Gasteiger partial charge >= 0.3 is 12.3 Å². The van der Waals surface area contributed by atoms with Crippen molar-refractivity contribution < 1.29 is 40.6 Å². The molecule has 0 amide bonds. The number of piperidine rings is 2. The van der Waals surface area contributed by atoms with Crippen molar-refractivity contribution in [1.82, 2.24) is 29.3 Å². The van der Waals surface area contributed by atoms with Gasteiger partial charge in [-0.2, -0.15) is 10.2 Å². The number of ether oxygens (including phenoxy) is 3. The van der Waals surface area contributed by atoms with Gasteiger partial charge < -0.3 is 25.3 Å². The van der Waals surface area contributed by atoms with E-state index in [2.05, 4.69) is 98.0 Å². The van der Waals surface area contributed by atoms with Crippen LogP contribution in [0.15, 0.2) is 139 Å². The number of rotatable bonds is 11. The average molecular weight is 1140 g/mol. The molecule has 80 heavy (non-hydrogen) atoms. The molecule has 0 aromatic heterocycles. The van der Waals surface area contributed by atoms with Crippen LogP contribution < -0.4 is 20.5 Å². The van der Waals surface area contributed by atoms with Gasteiger partial charge in [0.1, 0.15) is 11.2 Å². The summed E-state index contributed by atoms with van der Waals surface area (Å²) in [5, 5.41) is 15.5. The van der Waals surface area contributed by atoms with E-state index in [1.807, 2.05) is 38.4 Å². The van der Waals surface area contributed by atoms with Crippen LogP contribution in [0.1, 0.15) is 92.2 Å². The molecule has 2 fully saturated rings. The smallest absolute Gasteiger partial charge is 0.428 e. The Kier molecular flexibility index (Phi) is 21.3. The van der Waals surface area contributed by atoms with E-state index < -0.39 is 43.6 Å². The first kappa shape index (κ1) is 62.1. The molecule has 4 aromatic carbocycles. The van der Waals surface area contributed by atoms with Gasteiger partial charge in [-0.05, 0) is 167 Å². The second-order valence-corrected chi connectivity index (χ2v) is 25.4. The highest BCUT2D eigenvalue weighted by molar-refractivity contribution is 7.90. The summed E-state index contributed by atoms with van der Waals surface area (Å²) in [5.41, 5.74) is 8.18. The third kappa shape index (κ3) is 19.0. The summed E-state index contributed by atoms with van der Waals surface area (Å²) in [6, 6.07) is 33.7. The van der Waals surface area contributed by atoms with Gasteiger partial charge in [0.05, 0.1) is 22.9 Å². The van der Waals surface area contributed by atoms with Crippen molar-refractivity contribution in [2.45, 2.75) is 115 Å². The van der Waals surface area contributed by atoms with Crippen molar-refractivity contribution in [3.05, 3.63) is 120 Å². The molecular formula is C57H80N12O9S2. The van der Waals surface area contributed by atoms with Gasteiger partial charge in [0.2, 0.25) is 11.9 Å². The summed E-state index contributed by atoms with van der Waals surface area (Å²) in [7, 11) is -5.75. The lowest BCUT2D eigenvalue weighted by Gasteiger charge is -2.37. The largest absolute Gasteiger partial charge is 0.519 e. The molecule has 0 bridgehead atoms. The number of likely N-dealkylation sites (tertiary alicyclic amines) is 2. The number of benzene rings is 4. The molecule has 2 spiro atoms. The van der Waals surface area contributed by atoms with Crippen LogP contribution in [0.25, 0.3) is 0 Å². The third-order valence-corrected chi connectivity index (χ3v) is 15.9. The van der Waals surface area contributed by atoms with E-state index in [9.17, 15) is 26.4 Å². The predicted molar refractivity (Wildman–Crippen MR) is 314 cm³/mol. The number of hydrogen-bond donors (Lipinski definition) is 4. The van der Waals surface area contributed by atoms with E-state index in [0.717, 1.165) is 70.6 Å². The topological polar surface area (TPSA) is 255 Å². The number of carbonyl (C=O) groups excluding carboxylic acids is 2. The first-order valence-electron chi connectivity index (χ1n) is 26.9. The molecule has 4 aliphatic heterocycles. The van der Waals surface area contributed by atoms with Crippen molar-refractivity contribution in [2.75, 3.05) is 70.5 Å². The molecule has 4 heterocycles. The molecule has 2 saturated heterocycles. The van der Waals surface area contributed by atoms with Crippen molar-refractivity contribution in [3.63, 3.8) is 0 Å². The van der Waals surface area contributed by atoms with Gasteiger partial charge in [0, 0.05) is 67.9 Å². The van der Waals surface area contributed by atoms with Crippen molar-refractivity contribution in [3.8, 4) is 0 Å². The number of anilines is 2. The minimum Gasteiger partial charge on any atom is -0.428 e. The molecular weight excluding hydrogens is 1060 g/mol. The lowest BCUT2D eigenvalue weighted by Crippen LogP contribution is -2.46. The van der Waals surface area contributed by atoms with Crippen molar-refractivity contribution in [1.29, 1.82) is 0 Å². The summed E-state index contributed by atoms with van der Waals surface area (Å²) >= 11 is 0. The first-order chi connectivity index (χ1) is 37.8. The third-order valence-electron chi connectivity index (χ3n) is 13.2. The fourth-order valence-electron chi connectivity index (χ4n) is 9.02. The maximum atomic E-state index is 13.0. The summed E-state index contributed by atoms with van der Waals surface area (Å²) in [4.78, 5) is 36.1. The van der Waals surface area contributed by atoms with E-state index >= 15 is 0 Å². The fourth-order valence-corrected chi connectivity index (χ4v) is 11.1. The summed E-state index contributed by atoms with van der Waals surface area (Å²) in [5.74, 6) is 0.527. The second kappa shape index (κ2) is 27.4. The number of sulfonamides is 2. The van der Waals surface area contributed by atoms with Crippen LogP contribution in [-0.2, 0) is 47.3 Å². The number of nitrogen functional groups attached to an aromatic ring is 1. The Morgan fingerprint density at radius 2 is 0.950 bits per heavy atom. The van der Waals surface area contributed by atoms with Crippen LogP contribution in [0.4, 0.5) is 21.0 Å². The Labute approximate surface area is 472 Å². The monoisotopic (exact) mass is 1140 g/mol. The van der Waals surface area contributed by atoms with Gasteiger partial charge in [-0.15, -0.1) is 0 Å². The van der Waals surface area contributed by atoms with Crippen molar-refractivity contribution in [2.24, 2.45) is 31.0 Å². The molecule has 0 saturated carbocycles. The lowest BCUT2D eigenvalue weighted by molar-refractivity contribution is -0.0294. The minimum atomic E-state index is -3.78. The second-order valence-electron chi connectivity index (χ2n) is 22.0. The minimum absolute atomic E-state index is 0.0540. The van der Waals surface area contributed by atoms with Crippen LogP contribution in [0.5, 0.6) is 0 Å². The highest BCUT2D eigenvalue weighted by atomic mass is 32.2. The Bertz CT molecular complexity index is 2980. The van der Waals surface area contributed by atoms with Gasteiger partial charge in [0.15, 0.2) is 0 Å². The van der Waals surface area contributed by atoms with Crippen LogP contribution in [0, 0.1) is 10.8 Å². The molecule has 0 unspecified atom stereocenters. The number of aliphatic imine (C=N–C) groups is 2. The van der Waals surface area contributed by atoms with Crippen LogP contribution in [-0.4, -0.2) is 144 Å². The zero-order chi connectivity index (χ0) is 58.2. The fraction of sp³-hybridized carbons (Fsp3) is 0.474. The lowest BCUT2D eigenvalue weighted by atomic mass is 9.80. The van der Waals surface area contributed by atoms with Gasteiger partial charge in [-0.25, -0.2) is 45.9 Å². The summed E-state index contributed by atoms with van der Waals surface area (Å²) in [6.45, 7) is 21.8. The number of hydrogen-bond acceptors (Lipinski definition) is 17. The molecule has 0 atom stereocenters. The number of nitrogens with two attached hydrogens (primary N) is 1. The molecule has 21 nitrogen and oxygen atoms in total. The number of carbonyl (C=O) groups is 2. The van der Waals surface area contributed by atoms with Crippen LogP contribution in [0.2, 0.25) is 0 Å². The molecule has 434 valence electrons. The Hall–Kier alpha value is -7.08. The standard InChI is InChI=1S/C24H32N6O2S.C23H30N6O2S.C10H18O5/c1-3-26-23(28-33(31,32)22-11-9-21(25-2)10-12-22)30-19-24(18-27-30)13-15-29(16-14-24)17-20-7-5-4-6-8-20;1-2-25-22(27-32(30,31)21-10-8-20(24)9-11-21)29-18-23(17-26-29)12-14-28(15-13-23)16-19-6-4-3-5-7-19;1-9(2,3)14-7(11)13-8(12)15-10(4,5)6/h4-12,18,25H,3,13-17,19H2,1-2H3,(H,26,28);3-11,17H,2,12-16,18,24H2,1H3,(H,25,27);1-6H3. The SMILES string of the molecule is CC(C)(C)OC(=O)OC(=O)OC(C)(C)C.CCN=C(NS(=O)(=O)c1ccc(N)cc1)N1CC2(C=N1)CCN(Cc1ccccc1)CC2.CCN=C(NS(=O)(=O)c1ccc(NC)cc1)N1CC2(C=N1)CCN(Cc1ccccc1)CC2. The Balaban J connectivity index is 0.000000208. The molecule has 4 aromatic rings. The first-order valence-corrected chi connectivity index (χ1v) is 29.9. The van der Waals surface area contributed by atoms with Crippen LogP contribution in [0.3, 0.4) is 0 Å². The van der Waals surface area contributed by atoms with Gasteiger partial charge in [-0.3, -0.25) is 19.8 Å². The molecule has 5 N–H and O–H groups in total. The van der Waals surface area contributed by atoms with E-state index in [4.69, 9.17) is 15.2 Å². The number of hydrazone groups is 2. The van der Waals surface area contributed by atoms with E-state index in [0.29, 0.717) is 31.9 Å².